The van der Waals surface area contributed by atoms with Crippen LogP contribution in [-0.4, -0.2) is 34.8 Å². The molecular weight excluding hydrogens is 190 g/mol. The maximum absolute atomic E-state index is 9.13. The van der Waals surface area contributed by atoms with Gasteiger partial charge in [0.1, 0.15) is 5.75 Å². The van der Waals surface area contributed by atoms with Crippen LogP contribution in [0.3, 0.4) is 0 Å². The highest BCUT2D eigenvalue weighted by atomic mass is 16.3. The molecule has 0 heterocycles. The average Bonchev–Trinajstić information content (AvgIpc) is 2.22. The number of hydrogen-bond donors (Lipinski definition) is 2. The van der Waals surface area contributed by atoms with Crippen molar-refractivity contribution in [2.75, 3.05) is 19.7 Å². The Balaban J connectivity index is 2.56. The predicted octanol–water partition coefficient (Wildman–Crippen LogP) is 1.37. The molecule has 0 saturated heterocycles. The molecule has 82 valence electrons. The van der Waals surface area contributed by atoms with Gasteiger partial charge in [-0.05, 0) is 17.7 Å². The van der Waals surface area contributed by atoms with Crippen LogP contribution in [0.2, 0.25) is 0 Å². The molecule has 0 aromatic heterocycles. The van der Waals surface area contributed by atoms with Crippen molar-refractivity contribution >= 4 is 0 Å². The molecule has 0 amide bonds. The summed E-state index contributed by atoms with van der Waals surface area (Å²) in [5.74, 6) is 0.274. The van der Waals surface area contributed by atoms with E-state index in [2.05, 4.69) is 11.5 Å². The molecule has 0 bridgehead atoms. The number of aromatic hydroxyl groups is 1. The predicted molar refractivity (Wildman–Crippen MR) is 60.7 cm³/mol. The summed E-state index contributed by atoms with van der Waals surface area (Å²) in [6, 6.07) is 7.09. The minimum absolute atomic E-state index is 0.145. The van der Waals surface area contributed by atoms with Gasteiger partial charge in [0.25, 0.3) is 0 Å². The first kappa shape index (κ1) is 11.8. The second-order valence-electron chi connectivity index (χ2n) is 3.41. The number of rotatable bonds is 6. The van der Waals surface area contributed by atoms with Crippen molar-refractivity contribution in [3.8, 4) is 5.75 Å². The Bertz CT molecular complexity index is 295. The van der Waals surface area contributed by atoms with Gasteiger partial charge in [0.05, 0.1) is 6.61 Å². The Morgan fingerprint density at radius 1 is 1.27 bits per heavy atom. The van der Waals surface area contributed by atoms with Crippen molar-refractivity contribution in [2.45, 2.75) is 6.54 Å². The van der Waals surface area contributed by atoms with Crippen LogP contribution in [0.25, 0.3) is 0 Å². The number of phenols is 1. The molecule has 1 aromatic rings. The SMILES string of the molecule is C=CCN(CCO)Cc1ccc(O)cc1. The molecule has 1 rings (SSSR count). The average molecular weight is 207 g/mol. The van der Waals surface area contributed by atoms with Crippen molar-refractivity contribution in [1.82, 2.24) is 4.90 Å². The summed E-state index contributed by atoms with van der Waals surface area (Å²) in [5.41, 5.74) is 1.11. The molecule has 3 heteroatoms. The third-order valence-electron chi connectivity index (χ3n) is 2.15. The number of nitrogens with zero attached hydrogens (tertiary/aromatic N) is 1. The zero-order chi connectivity index (χ0) is 11.1. The topological polar surface area (TPSA) is 43.7 Å². The van der Waals surface area contributed by atoms with Crippen LogP contribution < -0.4 is 0 Å². The fourth-order valence-electron chi connectivity index (χ4n) is 1.42. The molecule has 0 aliphatic carbocycles. The monoisotopic (exact) mass is 207 g/mol. The molecule has 0 aliphatic rings. The van der Waals surface area contributed by atoms with Gasteiger partial charge in [0, 0.05) is 19.6 Å². The van der Waals surface area contributed by atoms with Crippen molar-refractivity contribution in [2.24, 2.45) is 0 Å². The van der Waals surface area contributed by atoms with Gasteiger partial charge >= 0.3 is 0 Å². The van der Waals surface area contributed by atoms with E-state index in [1.54, 1.807) is 12.1 Å². The van der Waals surface area contributed by atoms with Gasteiger partial charge in [-0.2, -0.15) is 0 Å². The molecule has 1 aromatic carbocycles. The van der Waals surface area contributed by atoms with Crippen molar-refractivity contribution < 1.29 is 10.2 Å². The zero-order valence-electron chi connectivity index (χ0n) is 8.76. The molecular formula is C12H17NO2. The Kier molecular flexibility index (Phi) is 4.87. The van der Waals surface area contributed by atoms with Crippen molar-refractivity contribution in [3.63, 3.8) is 0 Å². The number of phenolic OH excluding ortho intramolecular Hbond substituents is 1. The first-order valence-electron chi connectivity index (χ1n) is 4.98. The lowest BCUT2D eigenvalue weighted by Gasteiger charge is -2.19. The second-order valence-corrected chi connectivity index (χ2v) is 3.41. The van der Waals surface area contributed by atoms with E-state index in [0.29, 0.717) is 6.54 Å². The smallest absolute Gasteiger partial charge is 0.115 e. The fraction of sp³-hybridized carbons (Fsp3) is 0.333. The van der Waals surface area contributed by atoms with Gasteiger partial charge in [-0.1, -0.05) is 18.2 Å². The van der Waals surface area contributed by atoms with Crippen molar-refractivity contribution in [1.29, 1.82) is 0 Å². The summed E-state index contributed by atoms with van der Waals surface area (Å²) in [5, 5.41) is 18.0. The lowest BCUT2D eigenvalue weighted by atomic mass is 10.2. The van der Waals surface area contributed by atoms with Gasteiger partial charge in [-0.15, -0.1) is 6.58 Å². The van der Waals surface area contributed by atoms with Crippen LogP contribution in [-0.2, 0) is 6.54 Å². The summed E-state index contributed by atoms with van der Waals surface area (Å²) in [4.78, 5) is 2.08. The molecule has 2 N–H and O–H groups in total. The van der Waals surface area contributed by atoms with Gasteiger partial charge in [-0.25, -0.2) is 0 Å². The van der Waals surface area contributed by atoms with Crippen molar-refractivity contribution in [3.05, 3.63) is 42.5 Å². The van der Waals surface area contributed by atoms with E-state index in [1.165, 1.54) is 0 Å². The summed E-state index contributed by atoms with van der Waals surface area (Å²) in [6.45, 7) is 5.96. The van der Waals surface area contributed by atoms with Gasteiger partial charge in [0.2, 0.25) is 0 Å². The summed E-state index contributed by atoms with van der Waals surface area (Å²) < 4.78 is 0. The molecule has 0 atom stereocenters. The lowest BCUT2D eigenvalue weighted by molar-refractivity contribution is 0.203. The molecule has 15 heavy (non-hydrogen) atoms. The standard InChI is InChI=1S/C12H17NO2/c1-2-7-13(8-9-14)10-11-3-5-12(15)6-4-11/h2-6,14-15H,1,7-10H2. The van der Waals surface area contributed by atoms with E-state index in [4.69, 9.17) is 10.2 Å². The van der Waals surface area contributed by atoms with Gasteiger partial charge in [0.15, 0.2) is 0 Å². The molecule has 0 spiro atoms. The van der Waals surface area contributed by atoms with Gasteiger partial charge in [-0.3, -0.25) is 4.90 Å². The Labute approximate surface area is 90.3 Å². The van der Waals surface area contributed by atoms with Crippen LogP contribution in [0, 0.1) is 0 Å². The Hall–Kier alpha value is -1.32. The van der Waals surface area contributed by atoms with Gasteiger partial charge < -0.3 is 10.2 Å². The second kappa shape index (κ2) is 6.22. The van der Waals surface area contributed by atoms with E-state index in [-0.39, 0.29) is 12.4 Å². The van der Waals surface area contributed by atoms with E-state index in [9.17, 15) is 0 Å². The normalized spacial score (nSPS) is 10.5. The van der Waals surface area contributed by atoms with E-state index in [0.717, 1.165) is 18.7 Å². The molecule has 0 aliphatic heterocycles. The Morgan fingerprint density at radius 3 is 2.47 bits per heavy atom. The van der Waals surface area contributed by atoms with Crippen LogP contribution >= 0.6 is 0 Å². The molecule has 0 saturated carbocycles. The molecule has 3 nitrogen and oxygen atoms in total. The van der Waals surface area contributed by atoms with E-state index < -0.39 is 0 Å². The largest absolute Gasteiger partial charge is 0.508 e. The number of benzene rings is 1. The third-order valence-corrected chi connectivity index (χ3v) is 2.15. The minimum Gasteiger partial charge on any atom is -0.508 e. The van der Waals surface area contributed by atoms with E-state index >= 15 is 0 Å². The first-order valence-corrected chi connectivity index (χ1v) is 4.98. The number of hydrogen-bond acceptors (Lipinski definition) is 3. The first-order chi connectivity index (χ1) is 7.26. The lowest BCUT2D eigenvalue weighted by Crippen LogP contribution is -2.26. The highest BCUT2D eigenvalue weighted by molar-refractivity contribution is 5.25. The maximum Gasteiger partial charge on any atom is 0.115 e. The highest BCUT2D eigenvalue weighted by Crippen LogP contribution is 2.11. The molecule has 0 fully saturated rings. The molecule has 0 unspecified atom stereocenters. The summed E-state index contributed by atoms with van der Waals surface area (Å²) in [7, 11) is 0. The van der Waals surface area contributed by atoms with Crippen LogP contribution in [0.1, 0.15) is 5.56 Å². The van der Waals surface area contributed by atoms with Crippen LogP contribution in [0.15, 0.2) is 36.9 Å². The number of aliphatic hydroxyl groups excluding tert-OH is 1. The minimum atomic E-state index is 0.145. The highest BCUT2D eigenvalue weighted by Gasteiger charge is 2.03. The quantitative estimate of drug-likeness (QED) is 0.692. The third kappa shape index (κ3) is 4.14. The number of aliphatic hydroxyl groups is 1. The molecule has 0 radical (unpaired) electrons. The van der Waals surface area contributed by atoms with Crippen LogP contribution in [0.4, 0.5) is 0 Å². The summed E-state index contributed by atoms with van der Waals surface area (Å²) in [6.07, 6.45) is 1.82. The Morgan fingerprint density at radius 2 is 1.93 bits per heavy atom. The fourth-order valence-corrected chi connectivity index (χ4v) is 1.42. The van der Waals surface area contributed by atoms with Crippen LogP contribution in [0.5, 0.6) is 5.75 Å². The maximum atomic E-state index is 9.13. The summed E-state index contributed by atoms with van der Waals surface area (Å²) >= 11 is 0. The zero-order valence-corrected chi connectivity index (χ0v) is 8.76. The van der Waals surface area contributed by atoms with E-state index in [1.807, 2.05) is 18.2 Å².